The number of benzene rings is 2. The number of aromatic nitrogens is 2. The van der Waals surface area contributed by atoms with Gasteiger partial charge in [0.05, 0.1) is 0 Å². The lowest BCUT2D eigenvalue weighted by Gasteiger charge is -2.18. The summed E-state index contributed by atoms with van der Waals surface area (Å²) in [6.07, 6.45) is 0.644. The third kappa shape index (κ3) is 5.17. The SMILES string of the molecule is CN(C)C[C@H](NC(=O)c1cn(C)nc1NC(=O)OCC1c2ccccc2-c2ccccc21)C(=O)O. The first kappa shape index (κ1) is 24.0. The number of carbonyl (C=O) groups is 3. The molecular formula is C25H27N5O5. The van der Waals surface area contributed by atoms with Gasteiger partial charge in [-0.1, -0.05) is 48.5 Å². The maximum atomic E-state index is 12.8. The Morgan fingerprint density at radius 2 is 1.69 bits per heavy atom. The van der Waals surface area contributed by atoms with Crippen molar-refractivity contribution in [1.82, 2.24) is 20.0 Å². The Balaban J connectivity index is 1.44. The number of likely N-dealkylation sites (N-methyl/N-ethyl adjacent to an activating group) is 1. The van der Waals surface area contributed by atoms with Crippen LogP contribution in [0.25, 0.3) is 11.1 Å². The average molecular weight is 478 g/mol. The maximum Gasteiger partial charge on any atom is 0.412 e. The summed E-state index contributed by atoms with van der Waals surface area (Å²) in [5.74, 6) is -1.96. The van der Waals surface area contributed by atoms with Gasteiger partial charge in [-0.15, -0.1) is 0 Å². The van der Waals surface area contributed by atoms with Gasteiger partial charge in [-0.05, 0) is 36.3 Å². The molecule has 0 radical (unpaired) electrons. The van der Waals surface area contributed by atoms with E-state index in [9.17, 15) is 19.5 Å². The van der Waals surface area contributed by atoms with Gasteiger partial charge in [0.25, 0.3) is 5.91 Å². The highest BCUT2D eigenvalue weighted by molar-refractivity contribution is 6.02. The second kappa shape index (κ2) is 9.98. The van der Waals surface area contributed by atoms with Crippen LogP contribution in [0, 0.1) is 0 Å². The molecule has 1 aliphatic carbocycles. The van der Waals surface area contributed by atoms with E-state index in [4.69, 9.17) is 4.74 Å². The van der Waals surface area contributed by atoms with Gasteiger partial charge < -0.3 is 20.1 Å². The van der Waals surface area contributed by atoms with Crippen LogP contribution in [0.2, 0.25) is 0 Å². The first-order valence-electron chi connectivity index (χ1n) is 11.1. The van der Waals surface area contributed by atoms with E-state index in [0.29, 0.717) is 0 Å². The molecule has 1 atom stereocenters. The first-order chi connectivity index (χ1) is 16.7. The van der Waals surface area contributed by atoms with E-state index in [-0.39, 0.29) is 30.5 Å². The zero-order valence-electron chi connectivity index (χ0n) is 19.7. The van der Waals surface area contributed by atoms with Crippen LogP contribution in [0.3, 0.4) is 0 Å². The van der Waals surface area contributed by atoms with Gasteiger partial charge >= 0.3 is 12.1 Å². The molecular weight excluding hydrogens is 450 g/mol. The highest BCUT2D eigenvalue weighted by Crippen LogP contribution is 2.44. The molecule has 2 aromatic carbocycles. The number of hydrogen-bond donors (Lipinski definition) is 3. The predicted octanol–water partition coefficient (Wildman–Crippen LogP) is 2.53. The summed E-state index contributed by atoms with van der Waals surface area (Å²) in [5, 5.41) is 18.5. The van der Waals surface area contributed by atoms with E-state index in [1.54, 1.807) is 26.0 Å². The van der Waals surface area contributed by atoms with Gasteiger partial charge in [0, 0.05) is 25.7 Å². The van der Waals surface area contributed by atoms with Crippen LogP contribution >= 0.6 is 0 Å². The molecule has 4 rings (SSSR count). The Labute approximate surface area is 202 Å². The lowest BCUT2D eigenvalue weighted by Crippen LogP contribution is -2.47. The number of nitrogens with zero attached hydrogens (tertiary/aromatic N) is 3. The number of amides is 2. The fraction of sp³-hybridized carbons (Fsp3) is 0.280. The normalized spacial score (nSPS) is 13.1. The molecule has 3 N–H and O–H groups in total. The van der Waals surface area contributed by atoms with E-state index >= 15 is 0 Å². The van der Waals surface area contributed by atoms with Crippen molar-refractivity contribution in [2.75, 3.05) is 32.6 Å². The van der Waals surface area contributed by atoms with E-state index < -0.39 is 24.0 Å². The highest BCUT2D eigenvalue weighted by Gasteiger charge is 2.30. The molecule has 0 saturated carbocycles. The van der Waals surface area contributed by atoms with E-state index in [2.05, 4.69) is 15.7 Å². The van der Waals surface area contributed by atoms with Crippen molar-refractivity contribution in [2.24, 2.45) is 7.05 Å². The van der Waals surface area contributed by atoms with Gasteiger partial charge in [0.15, 0.2) is 5.82 Å². The number of fused-ring (bicyclic) bond motifs is 3. The molecule has 0 saturated heterocycles. The Morgan fingerprint density at radius 1 is 1.09 bits per heavy atom. The van der Waals surface area contributed by atoms with E-state index in [0.717, 1.165) is 22.3 Å². The van der Waals surface area contributed by atoms with Crippen molar-refractivity contribution in [3.8, 4) is 11.1 Å². The molecule has 35 heavy (non-hydrogen) atoms. The summed E-state index contributed by atoms with van der Waals surface area (Å²) < 4.78 is 6.88. The quantitative estimate of drug-likeness (QED) is 0.455. The van der Waals surface area contributed by atoms with Crippen LogP contribution in [0.15, 0.2) is 54.7 Å². The lowest BCUT2D eigenvalue weighted by molar-refractivity contribution is -0.139. The van der Waals surface area contributed by atoms with Crippen LogP contribution in [-0.2, 0) is 16.6 Å². The first-order valence-corrected chi connectivity index (χ1v) is 11.1. The van der Waals surface area contributed by atoms with Crippen molar-refractivity contribution in [3.05, 3.63) is 71.4 Å². The molecule has 2 amide bonds. The molecule has 0 spiro atoms. The standard InChI is InChI=1S/C25H27N5O5/c1-29(2)13-21(24(32)33)26-23(31)19-12-30(3)28-22(19)27-25(34)35-14-20-17-10-6-4-8-15(17)16-9-5-7-11-18(16)20/h4-12,20-21H,13-14H2,1-3H3,(H,26,31)(H,32,33)(H,27,28,34)/t21-/m0/s1. The summed E-state index contributed by atoms with van der Waals surface area (Å²) in [4.78, 5) is 38.6. The van der Waals surface area contributed by atoms with E-state index in [1.165, 1.54) is 10.9 Å². The smallest absolute Gasteiger partial charge is 0.412 e. The summed E-state index contributed by atoms with van der Waals surface area (Å²) in [6.45, 7) is 0.217. The summed E-state index contributed by atoms with van der Waals surface area (Å²) in [6, 6.07) is 14.9. The highest BCUT2D eigenvalue weighted by atomic mass is 16.5. The third-order valence-corrected chi connectivity index (χ3v) is 5.79. The van der Waals surface area contributed by atoms with Crippen LogP contribution < -0.4 is 10.6 Å². The fourth-order valence-electron chi connectivity index (χ4n) is 4.26. The number of aliphatic carboxylic acids is 1. The minimum absolute atomic E-state index is 0.0174. The zero-order chi connectivity index (χ0) is 25.1. The molecule has 0 fully saturated rings. The fourth-order valence-corrected chi connectivity index (χ4v) is 4.26. The van der Waals surface area contributed by atoms with Crippen LogP contribution in [0.1, 0.15) is 27.4 Å². The van der Waals surface area contributed by atoms with Gasteiger partial charge in [-0.3, -0.25) is 14.8 Å². The number of rotatable bonds is 8. The Morgan fingerprint density at radius 3 is 2.26 bits per heavy atom. The average Bonchev–Trinajstić information content (AvgIpc) is 3.34. The third-order valence-electron chi connectivity index (χ3n) is 5.79. The van der Waals surface area contributed by atoms with Crippen molar-refractivity contribution in [1.29, 1.82) is 0 Å². The molecule has 0 unspecified atom stereocenters. The molecule has 0 bridgehead atoms. The summed E-state index contributed by atoms with van der Waals surface area (Å²) in [5.41, 5.74) is 4.43. The van der Waals surface area contributed by atoms with Crippen molar-refractivity contribution in [3.63, 3.8) is 0 Å². The number of carbonyl (C=O) groups excluding carboxylic acids is 2. The second-order valence-corrected chi connectivity index (χ2v) is 8.64. The van der Waals surface area contributed by atoms with Gasteiger partial charge in [-0.2, -0.15) is 5.10 Å². The van der Waals surface area contributed by atoms with E-state index in [1.807, 2.05) is 48.5 Å². The van der Waals surface area contributed by atoms with Gasteiger partial charge in [0.2, 0.25) is 0 Å². The van der Waals surface area contributed by atoms with Gasteiger partial charge in [-0.25, -0.2) is 9.59 Å². The molecule has 10 nitrogen and oxygen atoms in total. The zero-order valence-corrected chi connectivity index (χ0v) is 19.7. The Bertz CT molecular complexity index is 1220. The number of ether oxygens (including phenoxy) is 1. The minimum Gasteiger partial charge on any atom is -0.480 e. The van der Waals surface area contributed by atoms with Crippen molar-refractivity contribution >= 4 is 23.8 Å². The Kier molecular flexibility index (Phi) is 6.83. The van der Waals surface area contributed by atoms with Crippen molar-refractivity contribution in [2.45, 2.75) is 12.0 Å². The number of carboxylic acids is 1. The topological polar surface area (TPSA) is 126 Å². The number of anilines is 1. The summed E-state index contributed by atoms with van der Waals surface area (Å²) in [7, 11) is 5.00. The monoisotopic (exact) mass is 477 g/mol. The van der Waals surface area contributed by atoms with Crippen molar-refractivity contribution < 1.29 is 24.2 Å². The predicted molar refractivity (Wildman–Crippen MR) is 129 cm³/mol. The second-order valence-electron chi connectivity index (χ2n) is 8.64. The van der Waals surface area contributed by atoms with Gasteiger partial charge in [0.1, 0.15) is 18.2 Å². The number of hydrogen-bond acceptors (Lipinski definition) is 6. The lowest BCUT2D eigenvalue weighted by atomic mass is 9.98. The summed E-state index contributed by atoms with van der Waals surface area (Å²) >= 11 is 0. The number of aryl methyl sites for hydroxylation is 1. The largest absolute Gasteiger partial charge is 0.480 e. The van der Waals surface area contributed by atoms with Crippen LogP contribution in [0.4, 0.5) is 10.6 Å². The number of carboxylic acid groups (broad SMARTS) is 1. The van der Waals surface area contributed by atoms with Crippen LogP contribution in [0.5, 0.6) is 0 Å². The molecule has 3 aromatic rings. The Hall–Kier alpha value is -4.18. The molecule has 1 aromatic heterocycles. The number of nitrogens with one attached hydrogen (secondary N) is 2. The molecule has 1 aliphatic rings. The molecule has 10 heteroatoms. The molecule has 182 valence electrons. The van der Waals surface area contributed by atoms with Crippen LogP contribution in [-0.4, -0.2) is 71.0 Å². The maximum absolute atomic E-state index is 12.8. The molecule has 0 aliphatic heterocycles. The molecule has 1 heterocycles. The minimum atomic E-state index is -1.16.